The molecule has 7 nitrogen and oxygen atoms in total. The molecule has 3 saturated heterocycles. The predicted octanol–water partition coefficient (Wildman–Crippen LogP) is 5.04. The van der Waals surface area contributed by atoms with E-state index in [1.165, 1.54) is 62.9 Å². The standard InChI is InChI=1S/C28H41N7S/c1-21-16-22(2)20-35(19-21)26-17-25(34-14-4-3-5-15-34)30-27(31-26)32-28(36)29-18-23-8-10-24(11-9-23)33-12-6-7-13-33/h8-11,17,21-22H,3-7,12-16,18-20H2,1-2H3,(H2,29,30,31,32,36)/t21-,22-/m1/s1. The highest BCUT2D eigenvalue weighted by Crippen LogP contribution is 2.29. The summed E-state index contributed by atoms with van der Waals surface area (Å²) in [5, 5.41) is 7.19. The molecule has 2 N–H and O–H groups in total. The quantitative estimate of drug-likeness (QED) is 0.528. The average molecular weight is 508 g/mol. The smallest absolute Gasteiger partial charge is 0.232 e. The first-order valence-corrected chi connectivity index (χ1v) is 14.2. The van der Waals surface area contributed by atoms with E-state index in [9.17, 15) is 0 Å². The van der Waals surface area contributed by atoms with E-state index in [-0.39, 0.29) is 0 Å². The highest BCUT2D eigenvalue weighted by atomic mass is 32.1. The van der Waals surface area contributed by atoms with Gasteiger partial charge in [0.15, 0.2) is 5.11 Å². The number of hydrogen-bond acceptors (Lipinski definition) is 6. The van der Waals surface area contributed by atoms with E-state index < -0.39 is 0 Å². The largest absolute Gasteiger partial charge is 0.372 e. The highest BCUT2D eigenvalue weighted by molar-refractivity contribution is 7.80. The number of benzene rings is 1. The number of rotatable bonds is 6. The number of hydrogen-bond donors (Lipinski definition) is 2. The van der Waals surface area contributed by atoms with Gasteiger partial charge in [0.2, 0.25) is 5.95 Å². The van der Waals surface area contributed by atoms with Crippen molar-refractivity contribution in [1.82, 2.24) is 15.3 Å². The Kier molecular flexibility index (Phi) is 8.09. The summed E-state index contributed by atoms with van der Waals surface area (Å²) < 4.78 is 0. The van der Waals surface area contributed by atoms with Gasteiger partial charge in [-0.25, -0.2) is 0 Å². The second kappa shape index (κ2) is 11.6. The molecule has 36 heavy (non-hydrogen) atoms. The van der Waals surface area contributed by atoms with Crippen LogP contribution in [0.2, 0.25) is 0 Å². The number of nitrogens with one attached hydrogen (secondary N) is 2. The summed E-state index contributed by atoms with van der Waals surface area (Å²) in [7, 11) is 0. The summed E-state index contributed by atoms with van der Waals surface area (Å²) in [4.78, 5) is 17.1. The molecule has 0 unspecified atom stereocenters. The predicted molar refractivity (Wildman–Crippen MR) is 154 cm³/mol. The summed E-state index contributed by atoms with van der Waals surface area (Å²) in [6, 6.07) is 11.0. The molecule has 0 spiro atoms. The zero-order valence-corrected chi connectivity index (χ0v) is 22.7. The van der Waals surface area contributed by atoms with Crippen molar-refractivity contribution in [2.75, 3.05) is 59.3 Å². The van der Waals surface area contributed by atoms with Gasteiger partial charge in [0.1, 0.15) is 11.6 Å². The third-order valence-corrected chi connectivity index (χ3v) is 7.90. The lowest BCUT2D eigenvalue weighted by Crippen LogP contribution is -2.40. The lowest BCUT2D eigenvalue weighted by Gasteiger charge is -2.36. The molecule has 0 radical (unpaired) electrons. The number of thiocarbonyl (C=S) groups is 1. The lowest BCUT2D eigenvalue weighted by molar-refractivity contribution is 0.355. The van der Waals surface area contributed by atoms with Crippen molar-refractivity contribution in [1.29, 1.82) is 0 Å². The van der Waals surface area contributed by atoms with Crippen molar-refractivity contribution < 1.29 is 0 Å². The van der Waals surface area contributed by atoms with E-state index in [1.807, 2.05) is 0 Å². The molecule has 0 amide bonds. The van der Waals surface area contributed by atoms with Crippen LogP contribution in [0.15, 0.2) is 30.3 Å². The Bertz CT molecular complexity index is 1010. The van der Waals surface area contributed by atoms with E-state index in [0.717, 1.165) is 37.8 Å². The first-order valence-electron chi connectivity index (χ1n) is 13.8. The van der Waals surface area contributed by atoms with Gasteiger partial charge in [0, 0.05) is 57.6 Å². The third kappa shape index (κ3) is 6.38. The molecule has 8 heteroatoms. The number of aromatic nitrogens is 2. The van der Waals surface area contributed by atoms with E-state index in [2.05, 4.69) is 69.5 Å². The fraction of sp³-hybridized carbons (Fsp3) is 0.607. The van der Waals surface area contributed by atoms with E-state index in [0.29, 0.717) is 29.4 Å². The second-order valence-electron chi connectivity index (χ2n) is 11.0. The Morgan fingerprint density at radius 1 is 0.833 bits per heavy atom. The molecule has 5 rings (SSSR count). The molecule has 4 heterocycles. The van der Waals surface area contributed by atoms with Crippen molar-refractivity contribution in [2.24, 2.45) is 11.8 Å². The van der Waals surface area contributed by atoms with E-state index >= 15 is 0 Å². The van der Waals surface area contributed by atoms with Crippen LogP contribution < -0.4 is 25.3 Å². The Morgan fingerprint density at radius 2 is 1.42 bits per heavy atom. The molecule has 0 bridgehead atoms. The van der Waals surface area contributed by atoms with Crippen LogP contribution in [-0.4, -0.2) is 54.3 Å². The lowest BCUT2D eigenvalue weighted by atomic mass is 9.92. The van der Waals surface area contributed by atoms with Crippen molar-refractivity contribution >= 4 is 40.6 Å². The molecule has 3 aliphatic rings. The van der Waals surface area contributed by atoms with Gasteiger partial charge in [-0.05, 0) is 80.3 Å². The topological polar surface area (TPSA) is 59.6 Å². The number of nitrogens with zero attached hydrogens (tertiary/aromatic N) is 5. The van der Waals surface area contributed by atoms with E-state index in [4.69, 9.17) is 22.2 Å². The van der Waals surface area contributed by atoms with Crippen LogP contribution in [0.3, 0.4) is 0 Å². The summed E-state index contributed by atoms with van der Waals surface area (Å²) in [6.45, 7) is 11.9. The van der Waals surface area contributed by atoms with Gasteiger partial charge < -0.3 is 25.3 Å². The molecule has 3 aliphatic heterocycles. The molecule has 1 aromatic heterocycles. The molecular weight excluding hydrogens is 466 g/mol. The van der Waals surface area contributed by atoms with Gasteiger partial charge in [-0.1, -0.05) is 26.0 Å². The van der Waals surface area contributed by atoms with Crippen molar-refractivity contribution in [3.63, 3.8) is 0 Å². The maximum atomic E-state index is 5.65. The van der Waals surface area contributed by atoms with Crippen LogP contribution in [0, 0.1) is 11.8 Å². The van der Waals surface area contributed by atoms with Gasteiger partial charge in [0.05, 0.1) is 0 Å². The van der Waals surface area contributed by atoms with Gasteiger partial charge in [-0.15, -0.1) is 0 Å². The van der Waals surface area contributed by atoms with Crippen LogP contribution in [0.5, 0.6) is 0 Å². The van der Waals surface area contributed by atoms with Crippen LogP contribution in [-0.2, 0) is 6.54 Å². The minimum absolute atomic E-state index is 0.556. The Morgan fingerprint density at radius 3 is 2.08 bits per heavy atom. The van der Waals surface area contributed by atoms with Gasteiger partial charge in [0.25, 0.3) is 0 Å². The first-order chi connectivity index (χ1) is 17.5. The summed E-state index contributed by atoms with van der Waals surface area (Å²) in [5.41, 5.74) is 2.52. The fourth-order valence-electron chi connectivity index (χ4n) is 5.90. The maximum Gasteiger partial charge on any atom is 0.232 e. The molecule has 2 atom stereocenters. The SMILES string of the molecule is C[C@@H]1C[C@@H](C)CN(c2cc(N3CCCCC3)nc(NC(=S)NCc3ccc(N4CCCC4)cc3)n2)C1. The molecule has 0 aliphatic carbocycles. The molecule has 0 saturated carbocycles. The minimum atomic E-state index is 0.556. The summed E-state index contributed by atoms with van der Waals surface area (Å²) in [6.07, 6.45) is 7.60. The number of piperidine rings is 2. The normalized spacial score (nSPS) is 22.6. The van der Waals surface area contributed by atoms with Crippen LogP contribution in [0.1, 0.15) is 57.9 Å². The summed E-state index contributed by atoms with van der Waals surface area (Å²) >= 11 is 5.65. The van der Waals surface area contributed by atoms with Crippen LogP contribution in [0.25, 0.3) is 0 Å². The molecule has 2 aromatic rings. The number of anilines is 4. The Hall–Kier alpha value is -2.61. The Balaban J connectivity index is 1.25. The molecular formula is C28H41N7S. The van der Waals surface area contributed by atoms with Crippen molar-refractivity contribution in [2.45, 2.75) is 58.9 Å². The fourth-order valence-corrected chi connectivity index (χ4v) is 6.07. The molecule has 3 fully saturated rings. The zero-order chi connectivity index (χ0) is 24.9. The van der Waals surface area contributed by atoms with Crippen molar-refractivity contribution in [3.8, 4) is 0 Å². The van der Waals surface area contributed by atoms with Crippen molar-refractivity contribution in [3.05, 3.63) is 35.9 Å². The average Bonchev–Trinajstić information content (AvgIpc) is 3.43. The first kappa shape index (κ1) is 25.1. The molecule has 194 valence electrons. The minimum Gasteiger partial charge on any atom is -0.372 e. The maximum absolute atomic E-state index is 5.65. The van der Waals surface area contributed by atoms with Crippen LogP contribution in [0.4, 0.5) is 23.3 Å². The zero-order valence-electron chi connectivity index (χ0n) is 21.9. The van der Waals surface area contributed by atoms with E-state index in [1.54, 1.807) is 0 Å². The molecule has 1 aromatic carbocycles. The van der Waals surface area contributed by atoms with Gasteiger partial charge in [-0.2, -0.15) is 9.97 Å². The van der Waals surface area contributed by atoms with Gasteiger partial charge >= 0.3 is 0 Å². The second-order valence-corrected chi connectivity index (χ2v) is 11.4. The highest BCUT2D eigenvalue weighted by Gasteiger charge is 2.25. The third-order valence-electron chi connectivity index (χ3n) is 7.66. The Labute approximate surface area is 221 Å². The van der Waals surface area contributed by atoms with Crippen LogP contribution >= 0.6 is 12.2 Å². The van der Waals surface area contributed by atoms with Gasteiger partial charge in [-0.3, -0.25) is 0 Å². The monoisotopic (exact) mass is 507 g/mol. The summed E-state index contributed by atoms with van der Waals surface area (Å²) in [5.74, 6) is 3.93.